The SMILES string of the molecule is Nc1n[nH]c(-c2c[nH]ccc2=O)c1-c1ccc(Br)cc1. The van der Waals surface area contributed by atoms with Gasteiger partial charge in [0.05, 0.1) is 16.8 Å². The molecular formula is C14H11BrN4O. The third-order valence-electron chi connectivity index (χ3n) is 3.02. The van der Waals surface area contributed by atoms with Gasteiger partial charge in [-0.2, -0.15) is 5.10 Å². The Balaban J connectivity index is 2.23. The standard InChI is InChI=1S/C14H11BrN4O/c15-9-3-1-8(2-4-9)12-13(18-19-14(12)16)10-7-17-6-5-11(10)20/h1-7H,(H,17,20)(H3,16,18,19). The Morgan fingerprint density at radius 3 is 2.60 bits per heavy atom. The van der Waals surface area contributed by atoms with Crippen molar-refractivity contribution >= 4 is 21.7 Å². The first-order chi connectivity index (χ1) is 9.66. The zero-order valence-corrected chi connectivity index (χ0v) is 11.9. The molecule has 0 aliphatic carbocycles. The first-order valence-electron chi connectivity index (χ1n) is 5.94. The van der Waals surface area contributed by atoms with Crippen molar-refractivity contribution in [1.82, 2.24) is 15.2 Å². The van der Waals surface area contributed by atoms with Crippen molar-refractivity contribution in [1.29, 1.82) is 0 Å². The molecule has 0 aliphatic heterocycles. The molecular weight excluding hydrogens is 320 g/mol. The van der Waals surface area contributed by atoms with Gasteiger partial charge >= 0.3 is 0 Å². The van der Waals surface area contributed by atoms with Crippen LogP contribution in [0.5, 0.6) is 0 Å². The summed E-state index contributed by atoms with van der Waals surface area (Å²) < 4.78 is 0.974. The molecule has 0 radical (unpaired) electrons. The Kier molecular flexibility index (Phi) is 3.15. The van der Waals surface area contributed by atoms with E-state index in [0.29, 0.717) is 17.1 Å². The van der Waals surface area contributed by atoms with E-state index in [-0.39, 0.29) is 5.43 Å². The van der Waals surface area contributed by atoms with E-state index < -0.39 is 0 Å². The Labute approximate surface area is 123 Å². The third-order valence-corrected chi connectivity index (χ3v) is 3.55. The van der Waals surface area contributed by atoms with E-state index in [2.05, 4.69) is 31.1 Å². The molecule has 0 atom stereocenters. The van der Waals surface area contributed by atoms with E-state index in [1.807, 2.05) is 24.3 Å². The number of halogens is 1. The molecule has 0 saturated heterocycles. The summed E-state index contributed by atoms with van der Waals surface area (Å²) in [5.74, 6) is 0.366. The van der Waals surface area contributed by atoms with Gasteiger partial charge in [0, 0.05) is 22.9 Å². The minimum absolute atomic E-state index is 0.0919. The molecule has 2 aromatic heterocycles. The van der Waals surface area contributed by atoms with Crippen molar-refractivity contribution in [3.8, 4) is 22.4 Å². The number of benzene rings is 1. The normalized spacial score (nSPS) is 10.7. The summed E-state index contributed by atoms with van der Waals surface area (Å²) >= 11 is 3.39. The number of nitrogen functional groups attached to an aromatic ring is 1. The second-order valence-electron chi connectivity index (χ2n) is 4.29. The van der Waals surface area contributed by atoms with Gasteiger partial charge in [-0.25, -0.2) is 0 Å². The molecule has 2 heterocycles. The molecule has 0 fully saturated rings. The number of pyridine rings is 1. The van der Waals surface area contributed by atoms with Crippen molar-refractivity contribution in [2.24, 2.45) is 0 Å². The molecule has 0 amide bonds. The first kappa shape index (κ1) is 12.7. The molecule has 5 nitrogen and oxygen atoms in total. The first-order valence-corrected chi connectivity index (χ1v) is 6.73. The molecule has 1 aromatic carbocycles. The van der Waals surface area contributed by atoms with Gasteiger partial charge in [0.15, 0.2) is 11.2 Å². The number of anilines is 1. The van der Waals surface area contributed by atoms with E-state index in [9.17, 15) is 4.79 Å². The Bertz CT molecular complexity index is 805. The lowest BCUT2D eigenvalue weighted by atomic mass is 10.0. The van der Waals surface area contributed by atoms with E-state index >= 15 is 0 Å². The Morgan fingerprint density at radius 1 is 1.15 bits per heavy atom. The minimum atomic E-state index is -0.0919. The summed E-state index contributed by atoms with van der Waals surface area (Å²) in [6.07, 6.45) is 3.22. The van der Waals surface area contributed by atoms with Crippen LogP contribution in [0.1, 0.15) is 0 Å². The Morgan fingerprint density at radius 2 is 1.90 bits per heavy atom. The summed E-state index contributed by atoms with van der Waals surface area (Å²) in [7, 11) is 0. The van der Waals surface area contributed by atoms with Crippen LogP contribution in [-0.4, -0.2) is 15.2 Å². The largest absolute Gasteiger partial charge is 0.382 e. The van der Waals surface area contributed by atoms with Crippen LogP contribution in [0, 0.1) is 0 Å². The van der Waals surface area contributed by atoms with Crippen LogP contribution in [0.15, 0.2) is 52.0 Å². The number of aromatic nitrogens is 3. The second-order valence-corrected chi connectivity index (χ2v) is 5.20. The maximum Gasteiger partial charge on any atom is 0.190 e. The fraction of sp³-hybridized carbons (Fsp3) is 0. The fourth-order valence-corrected chi connectivity index (χ4v) is 2.34. The van der Waals surface area contributed by atoms with Gasteiger partial charge in [-0.05, 0) is 17.7 Å². The van der Waals surface area contributed by atoms with Crippen LogP contribution in [0.2, 0.25) is 0 Å². The van der Waals surface area contributed by atoms with E-state index in [4.69, 9.17) is 5.73 Å². The summed E-state index contributed by atoms with van der Waals surface area (Å²) in [5, 5.41) is 6.86. The highest BCUT2D eigenvalue weighted by molar-refractivity contribution is 9.10. The molecule has 0 saturated carbocycles. The van der Waals surface area contributed by atoms with Crippen LogP contribution in [0.4, 0.5) is 5.82 Å². The van der Waals surface area contributed by atoms with Gasteiger partial charge in [-0.15, -0.1) is 0 Å². The van der Waals surface area contributed by atoms with Gasteiger partial charge in [-0.3, -0.25) is 9.89 Å². The summed E-state index contributed by atoms with van der Waals surface area (Å²) in [6, 6.07) is 9.15. The molecule has 6 heteroatoms. The van der Waals surface area contributed by atoms with Crippen molar-refractivity contribution < 1.29 is 0 Å². The number of H-pyrrole nitrogens is 2. The van der Waals surface area contributed by atoms with Gasteiger partial charge < -0.3 is 10.7 Å². The highest BCUT2D eigenvalue weighted by atomic mass is 79.9. The number of aromatic amines is 2. The highest BCUT2D eigenvalue weighted by Crippen LogP contribution is 2.33. The monoisotopic (exact) mass is 330 g/mol. The lowest BCUT2D eigenvalue weighted by Gasteiger charge is -2.04. The maximum atomic E-state index is 12.0. The molecule has 3 rings (SSSR count). The van der Waals surface area contributed by atoms with Crippen molar-refractivity contribution in [3.63, 3.8) is 0 Å². The van der Waals surface area contributed by atoms with Gasteiger partial charge in [0.2, 0.25) is 0 Å². The molecule has 3 aromatic rings. The fourth-order valence-electron chi connectivity index (χ4n) is 2.07. The van der Waals surface area contributed by atoms with Crippen molar-refractivity contribution in [2.75, 3.05) is 5.73 Å². The molecule has 100 valence electrons. The number of nitrogens with one attached hydrogen (secondary N) is 2. The average Bonchev–Trinajstić information content (AvgIpc) is 2.82. The number of hydrogen-bond donors (Lipinski definition) is 3. The lowest BCUT2D eigenvalue weighted by Crippen LogP contribution is -2.03. The quantitative estimate of drug-likeness (QED) is 0.675. The van der Waals surface area contributed by atoms with Crippen molar-refractivity contribution in [3.05, 3.63) is 57.4 Å². The van der Waals surface area contributed by atoms with Crippen LogP contribution >= 0.6 is 15.9 Å². The zero-order chi connectivity index (χ0) is 14.1. The predicted molar refractivity (Wildman–Crippen MR) is 82.2 cm³/mol. The minimum Gasteiger partial charge on any atom is -0.382 e. The predicted octanol–water partition coefficient (Wildman–Crippen LogP) is 2.78. The number of hydrogen-bond acceptors (Lipinski definition) is 3. The maximum absolute atomic E-state index is 12.0. The van der Waals surface area contributed by atoms with Crippen LogP contribution < -0.4 is 11.2 Å². The van der Waals surface area contributed by atoms with Crippen LogP contribution in [0.25, 0.3) is 22.4 Å². The molecule has 0 unspecified atom stereocenters. The summed E-state index contributed by atoms with van der Waals surface area (Å²) in [6.45, 7) is 0. The second kappa shape index (κ2) is 4.97. The smallest absolute Gasteiger partial charge is 0.190 e. The van der Waals surface area contributed by atoms with Gasteiger partial charge in [0.25, 0.3) is 0 Å². The molecule has 20 heavy (non-hydrogen) atoms. The highest BCUT2D eigenvalue weighted by Gasteiger charge is 2.16. The number of nitrogens with zero attached hydrogens (tertiary/aromatic N) is 1. The lowest BCUT2D eigenvalue weighted by molar-refractivity contribution is 1.10. The van der Waals surface area contributed by atoms with E-state index in [0.717, 1.165) is 15.6 Å². The average molecular weight is 331 g/mol. The number of nitrogens with two attached hydrogens (primary N) is 1. The summed E-state index contributed by atoms with van der Waals surface area (Å²) in [5.41, 5.74) is 8.60. The topological polar surface area (TPSA) is 87.6 Å². The van der Waals surface area contributed by atoms with Gasteiger partial charge in [-0.1, -0.05) is 28.1 Å². The molecule has 0 spiro atoms. The Hall–Kier alpha value is -2.34. The zero-order valence-electron chi connectivity index (χ0n) is 10.4. The van der Waals surface area contributed by atoms with E-state index in [1.54, 1.807) is 12.4 Å². The molecule has 0 bridgehead atoms. The number of rotatable bonds is 2. The third kappa shape index (κ3) is 2.14. The molecule has 0 aliphatic rings. The van der Waals surface area contributed by atoms with Gasteiger partial charge in [0.1, 0.15) is 0 Å². The van der Waals surface area contributed by atoms with Crippen LogP contribution in [0.3, 0.4) is 0 Å². The van der Waals surface area contributed by atoms with Crippen molar-refractivity contribution in [2.45, 2.75) is 0 Å². The summed E-state index contributed by atoms with van der Waals surface area (Å²) in [4.78, 5) is 14.9. The van der Waals surface area contributed by atoms with E-state index in [1.165, 1.54) is 6.07 Å². The van der Waals surface area contributed by atoms with Crippen LogP contribution in [-0.2, 0) is 0 Å². The molecule has 4 N–H and O–H groups in total.